The van der Waals surface area contributed by atoms with Gasteiger partial charge in [-0.1, -0.05) is 30.3 Å². The van der Waals surface area contributed by atoms with Crippen LogP contribution in [0.4, 0.5) is 0 Å². The fraction of sp³-hybridized carbons (Fsp3) is 0.0769. The van der Waals surface area contributed by atoms with Crippen molar-refractivity contribution in [1.82, 2.24) is 0 Å². The number of ether oxygens (including phenoxy) is 1. The van der Waals surface area contributed by atoms with E-state index in [2.05, 4.69) is 0 Å². The molecular weight excluding hydrogens is 275 g/mol. The summed E-state index contributed by atoms with van der Waals surface area (Å²) in [5.74, 6) is 0.547. The molecule has 2 aromatic rings. The van der Waals surface area contributed by atoms with Crippen LogP contribution < -0.4 is 34.3 Å². The number of hydrogen-bond acceptors (Lipinski definition) is 3. The number of benzene rings is 2. The van der Waals surface area contributed by atoms with Crippen molar-refractivity contribution in [1.29, 1.82) is 0 Å². The molecule has 2 rings (SSSR count). The third-order valence-corrected chi connectivity index (χ3v) is 3.24. The van der Waals surface area contributed by atoms with Crippen LogP contribution in [0.1, 0.15) is 6.99 Å². The molecule has 0 aromatic heterocycles. The minimum Gasteiger partial charge on any atom is -1.00 e. The van der Waals surface area contributed by atoms with E-state index in [1.165, 1.54) is 24.3 Å². The van der Waals surface area contributed by atoms with Crippen LogP contribution in [0.25, 0.3) is 0 Å². The third-order valence-electron chi connectivity index (χ3n) is 2.37. The van der Waals surface area contributed by atoms with Crippen LogP contribution in [0, 0.1) is 0 Å². The second kappa shape index (κ2) is 7.07. The SMILES string of the molecule is O=S(=O)(O)c1ccc(OCc2ccccc2)cc1.[H-].[Na+]. The minimum absolute atomic E-state index is 0. The molecule has 0 unspecified atom stereocenters. The van der Waals surface area contributed by atoms with Crippen LogP contribution in [0.15, 0.2) is 59.5 Å². The summed E-state index contributed by atoms with van der Waals surface area (Å²) in [4.78, 5) is -0.144. The molecule has 2 aromatic carbocycles. The summed E-state index contributed by atoms with van der Waals surface area (Å²) in [6, 6.07) is 15.2. The van der Waals surface area contributed by atoms with Gasteiger partial charge in [0.05, 0.1) is 4.90 Å². The van der Waals surface area contributed by atoms with Crippen molar-refractivity contribution in [3.63, 3.8) is 0 Å². The van der Waals surface area contributed by atoms with Gasteiger partial charge in [0.1, 0.15) is 12.4 Å². The summed E-state index contributed by atoms with van der Waals surface area (Å²) in [5, 5.41) is 0. The Morgan fingerprint density at radius 1 is 1.00 bits per heavy atom. The smallest absolute Gasteiger partial charge is 1.00 e. The first-order chi connectivity index (χ1) is 8.55. The molecule has 0 aliphatic rings. The van der Waals surface area contributed by atoms with Crippen molar-refractivity contribution in [2.45, 2.75) is 11.5 Å². The Kier molecular flexibility index (Phi) is 6.03. The van der Waals surface area contributed by atoms with E-state index >= 15 is 0 Å². The van der Waals surface area contributed by atoms with Crippen molar-refractivity contribution >= 4 is 10.1 Å². The van der Waals surface area contributed by atoms with Crippen molar-refractivity contribution in [3.8, 4) is 5.75 Å². The second-order valence-electron chi connectivity index (χ2n) is 3.72. The standard InChI is InChI=1S/C13H12O4S.Na.H/c14-18(15,16)13-8-6-12(7-9-13)17-10-11-4-2-1-3-5-11;;/h1-9H,10H2,(H,14,15,16);;/q;+1;-1. The van der Waals surface area contributed by atoms with Gasteiger partial charge in [-0.3, -0.25) is 4.55 Å². The first-order valence-corrected chi connectivity index (χ1v) is 6.74. The van der Waals surface area contributed by atoms with Gasteiger partial charge in [0.2, 0.25) is 0 Å². The molecular formula is C13H13NaO4S. The van der Waals surface area contributed by atoms with Gasteiger partial charge >= 0.3 is 29.6 Å². The van der Waals surface area contributed by atoms with E-state index in [0.29, 0.717) is 12.4 Å². The molecule has 0 heterocycles. The molecule has 4 nitrogen and oxygen atoms in total. The summed E-state index contributed by atoms with van der Waals surface area (Å²) in [6.45, 7) is 0.409. The van der Waals surface area contributed by atoms with E-state index in [4.69, 9.17) is 9.29 Å². The molecule has 0 saturated carbocycles. The number of rotatable bonds is 4. The molecule has 0 atom stereocenters. The molecule has 1 N–H and O–H groups in total. The predicted octanol–water partition coefficient (Wildman–Crippen LogP) is -0.371. The minimum atomic E-state index is -4.14. The maximum absolute atomic E-state index is 10.8. The van der Waals surface area contributed by atoms with Gasteiger partial charge in [-0.25, -0.2) is 0 Å². The molecule has 0 saturated heterocycles. The van der Waals surface area contributed by atoms with Gasteiger partial charge in [0.15, 0.2) is 0 Å². The van der Waals surface area contributed by atoms with Crippen molar-refractivity contribution in [2.75, 3.05) is 0 Å². The van der Waals surface area contributed by atoms with Crippen molar-refractivity contribution in [3.05, 3.63) is 60.2 Å². The van der Waals surface area contributed by atoms with E-state index in [-0.39, 0.29) is 35.9 Å². The second-order valence-corrected chi connectivity index (χ2v) is 5.14. The third kappa shape index (κ3) is 4.97. The quantitative estimate of drug-likeness (QED) is 0.616. The summed E-state index contributed by atoms with van der Waals surface area (Å²) in [5.41, 5.74) is 1.02. The Labute approximate surface area is 135 Å². The average Bonchev–Trinajstić information content (AvgIpc) is 2.37. The maximum atomic E-state index is 10.8. The molecule has 0 fully saturated rings. The normalized spacial score (nSPS) is 10.6. The van der Waals surface area contributed by atoms with Crippen LogP contribution in [-0.2, 0) is 16.7 Å². The van der Waals surface area contributed by atoms with Crippen LogP contribution in [0.5, 0.6) is 5.75 Å². The van der Waals surface area contributed by atoms with E-state index in [9.17, 15) is 8.42 Å². The van der Waals surface area contributed by atoms with Gasteiger partial charge in [-0.2, -0.15) is 8.42 Å². The molecule has 96 valence electrons. The van der Waals surface area contributed by atoms with E-state index in [1.807, 2.05) is 30.3 Å². The Hall–Kier alpha value is -0.850. The zero-order valence-corrected chi connectivity index (χ0v) is 13.3. The van der Waals surface area contributed by atoms with Crippen molar-refractivity contribution in [2.24, 2.45) is 0 Å². The van der Waals surface area contributed by atoms with Crippen LogP contribution >= 0.6 is 0 Å². The Morgan fingerprint density at radius 3 is 2.11 bits per heavy atom. The topological polar surface area (TPSA) is 63.6 Å². The van der Waals surface area contributed by atoms with Crippen LogP contribution in [0.3, 0.4) is 0 Å². The Balaban J connectivity index is 0.00000180. The van der Waals surface area contributed by atoms with E-state index in [0.717, 1.165) is 5.56 Å². The molecule has 19 heavy (non-hydrogen) atoms. The predicted molar refractivity (Wildman–Crippen MR) is 68.1 cm³/mol. The summed E-state index contributed by atoms with van der Waals surface area (Å²) >= 11 is 0. The Morgan fingerprint density at radius 2 is 1.58 bits per heavy atom. The van der Waals surface area contributed by atoms with E-state index < -0.39 is 10.1 Å². The van der Waals surface area contributed by atoms with Crippen LogP contribution in [0.2, 0.25) is 0 Å². The van der Waals surface area contributed by atoms with Crippen molar-refractivity contribution < 1.29 is 48.7 Å². The average molecular weight is 288 g/mol. The fourth-order valence-electron chi connectivity index (χ4n) is 1.45. The van der Waals surface area contributed by atoms with E-state index in [1.54, 1.807) is 0 Å². The first-order valence-electron chi connectivity index (χ1n) is 5.30. The largest absolute Gasteiger partial charge is 1.00 e. The maximum Gasteiger partial charge on any atom is 1.00 e. The summed E-state index contributed by atoms with van der Waals surface area (Å²) in [6.07, 6.45) is 0. The van der Waals surface area contributed by atoms with Crippen LogP contribution in [-0.4, -0.2) is 13.0 Å². The summed E-state index contributed by atoms with van der Waals surface area (Å²) in [7, 11) is -4.14. The molecule has 0 amide bonds. The molecule has 0 radical (unpaired) electrons. The number of hydrogen-bond donors (Lipinski definition) is 1. The van der Waals surface area contributed by atoms with Gasteiger partial charge in [-0.05, 0) is 29.8 Å². The molecule has 0 bridgehead atoms. The monoisotopic (exact) mass is 288 g/mol. The molecule has 0 spiro atoms. The van der Waals surface area contributed by atoms with Gasteiger partial charge in [0, 0.05) is 0 Å². The zero-order valence-electron chi connectivity index (χ0n) is 11.5. The molecule has 0 aliphatic heterocycles. The summed E-state index contributed by atoms with van der Waals surface area (Å²) < 4.78 is 36.0. The Bertz CT molecular complexity index is 615. The first kappa shape index (κ1) is 16.2. The van der Waals surface area contributed by atoms with Gasteiger partial charge in [0.25, 0.3) is 10.1 Å². The zero-order chi connectivity index (χ0) is 13.0. The van der Waals surface area contributed by atoms with Gasteiger partial charge < -0.3 is 6.16 Å². The molecule has 6 heteroatoms. The van der Waals surface area contributed by atoms with Gasteiger partial charge in [-0.15, -0.1) is 0 Å². The molecule has 0 aliphatic carbocycles. The fourth-order valence-corrected chi connectivity index (χ4v) is 1.93.